The van der Waals surface area contributed by atoms with E-state index in [0.717, 1.165) is 38.8 Å². The molecule has 1 aliphatic heterocycles. The van der Waals surface area contributed by atoms with Crippen LogP contribution in [0.25, 0.3) is 0 Å². The molecule has 5 nitrogen and oxygen atoms in total. The maximum atomic E-state index is 12.8. The van der Waals surface area contributed by atoms with Crippen LogP contribution in [0.2, 0.25) is 0 Å². The number of amides is 1. The van der Waals surface area contributed by atoms with Gasteiger partial charge in [-0.1, -0.05) is 26.2 Å². The summed E-state index contributed by atoms with van der Waals surface area (Å²) < 4.78 is 0. The molecule has 0 aromatic rings. The van der Waals surface area contributed by atoms with Gasteiger partial charge in [0.05, 0.1) is 6.54 Å². The number of nitrogens with one attached hydrogen (secondary N) is 1. The quantitative estimate of drug-likeness (QED) is 0.812. The Hall–Kier alpha value is -1.10. The molecule has 21 heavy (non-hydrogen) atoms. The molecule has 1 heterocycles. The Morgan fingerprint density at radius 2 is 1.95 bits per heavy atom. The summed E-state index contributed by atoms with van der Waals surface area (Å²) in [5, 5.41) is 11.6. The zero-order chi connectivity index (χ0) is 15.3. The van der Waals surface area contributed by atoms with E-state index in [1.807, 2.05) is 4.90 Å². The average molecular weight is 296 g/mol. The molecule has 1 saturated carbocycles. The van der Waals surface area contributed by atoms with E-state index in [9.17, 15) is 9.59 Å². The monoisotopic (exact) mass is 296 g/mol. The van der Waals surface area contributed by atoms with Crippen LogP contribution < -0.4 is 5.32 Å². The summed E-state index contributed by atoms with van der Waals surface area (Å²) in [7, 11) is 0. The van der Waals surface area contributed by atoms with E-state index in [4.69, 9.17) is 5.11 Å². The van der Waals surface area contributed by atoms with E-state index in [1.54, 1.807) is 0 Å². The van der Waals surface area contributed by atoms with Gasteiger partial charge in [0.2, 0.25) is 5.91 Å². The van der Waals surface area contributed by atoms with Crippen molar-refractivity contribution in [3.63, 3.8) is 0 Å². The van der Waals surface area contributed by atoms with Crippen LogP contribution in [-0.2, 0) is 9.59 Å². The van der Waals surface area contributed by atoms with Crippen molar-refractivity contribution in [1.82, 2.24) is 10.2 Å². The highest BCUT2D eigenvalue weighted by molar-refractivity contribution is 5.82. The third-order valence-electron chi connectivity index (χ3n) is 4.99. The molecule has 5 heteroatoms. The van der Waals surface area contributed by atoms with E-state index >= 15 is 0 Å². The van der Waals surface area contributed by atoms with Crippen LogP contribution in [0.1, 0.15) is 51.9 Å². The van der Waals surface area contributed by atoms with Gasteiger partial charge in [-0.15, -0.1) is 0 Å². The molecule has 120 valence electrons. The molecule has 0 aromatic heterocycles. The summed E-state index contributed by atoms with van der Waals surface area (Å²) in [4.78, 5) is 25.4. The largest absolute Gasteiger partial charge is 0.480 e. The van der Waals surface area contributed by atoms with E-state index in [1.165, 1.54) is 19.3 Å². The molecule has 0 spiro atoms. The first-order chi connectivity index (χ1) is 10.0. The Labute approximate surface area is 127 Å². The van der Waals surface area contributed by atoms with E-state index in [-0.39, 0.29) is 12.0 Å². The SMILES string of the molecule is CC1(C(=O)N2CCCC(CNCC(=O)O)C2)CCCCC1. The summed E-state index contributed by atoms with van der Waals surface area (Å²) in [6, 6.07) is 0. The van der Waals surface area contributed by atoms with Gasteiger partial charge in [0, 0.05) is 25.0 Å². The van der Waals surface area contributed by atoms with Crippen LogP contribution in [0.5, 0.6) is 0 Å². The van der Waals surface area contributed by atoms with Crippen LogP contribution in [0, 0.1) is 11.3 Å². The number of hydrogen-bond acceptors (Lipinski definition) is 3. The van der Waals surface area contributed by atoms with Crippen molar-refractivity contribution in [2.24, 2.45) is 11.3 Å². The van der Waals surface area contributed by atoms with Gasteiger partial charge in [-0.25, -0.2) is 0 Å². The van der Waals surface area contributed by atoms with E-state index < -0.39 is 5.97 Å². The van der Waals surface area contributed by atoms with Gasteiger partial charge in [-0.2, -0.15) is 0 Å². The molecule has 1 unspecified atom stereocenters. The molecule has 0 radical (unpaired) electrons. The summed E-state index contributed by atoms with van der Waals surface area (Å²) >= 11 is 0. The number of rotatable bonds is 5. The fourth-order valence-corrected chi connectivity index (χ4v) is 3.73. The topological polar surface area (TPSA) is 69.6 Å². The fraction of sp³-hybridized carbons (Fsp3) is 0.875. The highest BCUT2D eigenvalue weighted by atomic mass is 16.4. The predicted octanol–water partition coefficient (Wildman–Crippen LogP) is 1.87. The molecular formula is C16H28N2O3. The lowest BCUT2D eigenvalue weighted by molar-refractivity contribution is -0.145. The summed E-state index contributed by atoms with van der Waals surface area (Å²) in [5.41, 5.74) is -0.158. The minimum atomic E-state index is -0.826. The van der Waals surface area contributed by atoms with Gasteiger partial charge >= 0.3 is 5.97 Å². The van der Waals surface area contributed by atoms with Crippen LogP contribution >= 0.6 is 0 Å². The molecule has 2 N–H and O–H groups in total. The van der Waals surface area contributed by atoms with Crippen molar-refractivity contribution in [3.8, 4) is 0 Å². The third-order valence-corrected chi connectivity index (χ3v) is 4.99. The number of carboxylic acid groups (broad SMARTS) is 1. The molecule has 1 atom stereocenters. The number of likely N-dealkylation sites (tertiary alicyclic amines) is 1. The summed E-state index contributed by atoms with van der Waals surface area (Å²) in [6.07, 6.45) is 7.73. The second-order valence-corrected chi connectivity index (χ2v) is 6.91. The highest BCUT2D eigenvalue weighted by Crippen LogP contribution is 2.38. The Morgan fingerprint density at radius 1 is 1.24 bits per heavy atom. The second-order valence-electron chi connectivity index (χ2n) is 6.91. The van der Waals surface area contributed by atoms with Crippen molar-refractivity contribution in [3.05, 3.63) is 0 Å². The van der Waals surface area contributed by atoms with Crippen LogP contribution in [0.3, 0.4) is 0 Å². The van der Waals surface area contributed by atoms with Crippen molar-refractivity contribution < 1.29 is 14.7 Å². The maximum Gasteiger partial charge on any atom is 0.317 e. The zero-order valence-corrected chi connectivity index (χ0v) is 13.1. The van der Waals surface area contributed by atoms with Crippen molar-refractivity contribution in [2.45, 2.75) is 51.9 Å². The number of hydrogen-bond donors (Lipinski definition) is 2. The number of carbonyl (C=O) groups is 2. The second kappa shape index (κ2) is 7.25. The first-order valence-electron chi connectivity index (χ1n) is 8.23. The number of nitrogens with zero attached hydrogens (tertiary/aromatic N) is 1. The molecule has 1 amide bonds. The van der Waals surface area contributed by atoms with Gasteiger partial charge in [0.1, 0.15) is 0 Å². The van der Waals surface area contributed by atoms with Crippen LogP contribution in [-0.4, -0.2) is 48.1 Å². The van der Waals surface area contributed by atoms with Gasteiger partial charge in [0.25, 0.3) is 0 Å². The lowest BCUT2D eigenvalue weighted by Gasteiger charge is -2.40. The summed E-state index contributed by atoms with van der Waals surface area (Å²) in [6.45, 7) is 4.46. The molecule has 1 saturated heterocycles. The van der Waals surface area contributed by atoms with Gasteiger partial charge < -0.3 is 15.3 Å². The zero-order valence-electron chi connectivity index (χ0n) is 13.1. The lowest BCUT2D eigenvalue weighted by Crippen LogP contribution is -2.49. The van der Waals surface area contributed by atoms with Gasteiger partial charge in [-0.3, -0.25) is 9.59 Å². The predicted molar refractivity (Wildman–Crippen MR) is 81.0 cm³/mol. The van der Waals surface area contributed by atoms with Crippen molar-refractivity contribution in [1.29, 1.82) is 0 Å². The first kappa shape index (κ1) is 16.3. The number of carbonyl (C=O) groups excluding carboxylic acids is 1. The van der Waals surface area contributed by atoms with E-state index in [0.29, 0.717) is 18.4 Å². The van der Waals surface area contributed by atoms with Crippen LogP contribution in [0.4, 0.5) is 0 Å². The molecule has 1 aliphatic carbocycles. The lowest BCUT2D eigenvalue weighted by atomic mass is 9.74. The molecular weight excluding hydrogens is 268 g/mol. The fourth-order valence-electron chi connectivity index (χ4n) is 3.73. The van der Waals surface area contributed by atoms with Crippen molar-refractivity contribution in [2.75, 3.05) is 26.2 Å². The molecule has 2 rings (SSSR count). The van der Waals surface area contributed by atoms with E-state index in [2.05, 4.69) is 12.2 Å². The Bertz CT molecular complexity index is 378. The summed E-state index contributed by atoms with van der Waals surface area (Å²) in [5.74, 6) is -0.118. The Morgan fingerprint density at radius 3 is 2.62 bits per heavy atom. The maximum absolute atomic E-state index is 12.8. The number of carboxylic acids is 1. The smallest absolute Gasteiger partial charge is 0.317 e. The first-order valence-corrected chi connectivity index (χ1v) is 8.23. The number of piperidine rings is 1. The standard InChI is InChI=1S/C16H28N2O3/c1-16(7-3-2-4-8-16)15(21)18-9-5-6-13(12-18)10-17-11-14(19)20/h13,17H,2-12H2,1H3,(H,19,20). The number of aliphatic carboxylic acids is 1. The highest BCUT2D eigenvalue weighted by Gasteiger charge is 2.38. The molecule has 2 fully saturated rings. The normalized spacial score (nSPS) is 25.6. The molecule has 0 bridgehead atoms. The van der Waals surface area contributed by atoms with Crippen molar-refractivity contribution >= 4 is 11.9 Å². The Kier molecular flexibility index (Phi) is 5.62. The minimum absolute atomic E-state index is 0.00214. The molecule has 2 aliphatic rings. The van der Waals surface area contributed by atoms with Gasteiger partial charge in [-0.05, 0) is 31.6 Å². The van der Waals surface area contributed by atoms with Crippen LogP contribution in [0.15, 0.2) is 0 Å². The third kappa shape index (κ3) is 4.43. The Balaban J connectivity index is 1.85. The molecule has 0 aromatic carbocycles. The average Bonchev–Trinajstić information content (AvgIpc) is 2.47. The van der Waals surface area contributed by atoms with Gasteiger partial charge in [0.15, 0.2) is 0 Å². The minimum Gasteiger partial charge on any atom is -0.480 e.